The summed E-state index contributed by atoms with van der Waals surface area (Å²) < 4.78 is 28.5. The molecule has 0 aliphatic carbocycles. The normalized spacial score (nSPS) is 23.6. The van der Waals surface area contributed by atoms with Gasteiger partial charge in [0.15, 0.2) is 0 Å². The second-order valence-corrected chi connectivity index (χ2v) is 6.63. The summed E-state index contributed by atoms with van der Waals surface area (Å²) in [7, 11) is -3.68. The van der Waals surface area contributed by atoms with E-state index in [1.807, 2.05) is 20.8 Å². The molecule has 1 aliphatic heterocycles. The molecule has 106 valence electrons. The average Bonchev–Trinajstić information content (AvgIpc) is 2.69. The maximum Gasteiger partial charge on any atom is 0.238 e. The van der Waals surface area contributed by atoms with Gasteiger partial charge in [0, 0.05) is 12.3 Å². The van der Waals surface area contributed by atoms with Crippen molar-refractivity contribution in [2.75, 3.05) is 11.9 Å². The highest BCUT2D eigenvalue weighted by Crippen LogP contribution is 2.26. The number of primary sulfonamides is 1. The van der Waals surface area contributed by atoms with E-state index in [4.69, 9.17) is 9.88 Å². The van der Waals surface area contributed by atoms with Crippen LogP contribution in [0.25, 0.3) is 0 Å². The molecule has 5 nitrogen and oxygen atoms in total. The first-order chi connectivity index (χ1) is 8.79. The largest absolute Gasteiger partial charge is 0.379 e. The lowest BCUT2D eigenvalue weighted by Gasteiger charge is -2.20. The fourth-order valence-corrected chi connectivity index (χ4v) is 2.88. The average molecular weight is 284 g/mol. The molecule has 1 heterocycles. The Morgan fingerprint density at radius 3 is 2.58 bits per heavy atom. The van der Waals surface area contributed by atoms with Crippen LogP contribution in [0.4, 0.5) is 5.69 Å². The number of sulfonamides is 1. The number of benzene rings is 1. The molecule has 2 atom stereocenters. The van der Waals surface area contributed by atoms with Crippen LogP contribution in [-0.4, -0.2) is 27.2 Å². The molecule has 0 spiro atoms. The highest BCUT2D eigenvalue weighted by molar-refractivity contribution is 7.89. The monoisotopic (exact) mass is 284 g/mol. The van der Waals surface area contributed by atoms with E-state index in [9.17, 15) is 8.42 Å². The second kappa shape index (κ2) is 5.11. The molecule has 1 aromatic carbocycles. The fourth-order valence-electron chi connectivity index (χ4n) is 2.26. The molecule has 0 amide bonds. The number of hydrogen-bond acceptors (Lipinski definition) is 4. The summed E-state index contributed by atoms with van der Waals surface area (Å²) in [6, 6.07) is 3.40. The lowest BCUT2D eigenvalue weighted by molar-refractivity contribution is 0.121. The van der Waals surface area contributed by atoms with E-state index in [0.29, 0.717) is 0 Å². The van der Waals surface area contributed by atoms with Crippen molar-refractivity contribution < 1.29 is 13.2 Å². The van der Waals surface area contributed by atoms with Crippen molar-refractivity contribution in [3.63, 3.8) is 0 Å². The van der Waals surface area contributed by atoms with Crippen LogP contribution < -0.4 is 10.5 Å². The van der Waals surface area contributed by atoms with E-state index in [0.717, 1.165) is 29.8 Å². The van der Waals surface area contributed by atoms with Crippen molar-refractivity contribution in [1.29, 1.82) is 0 Å². The Morgan fingerprint density at radius 1 is 1.37 bits per heavy atom. The third kappa shape index (κ3) is 3.08. The molecule has 0 aromatic heterocycles. The van der Waals surface area contributed by atoms with Gasteiger partial charge in [0.1, 0.15) is 0 Å². The Labute approximate surface area is 114 Å². The summed E-state index contributed by atoms with van der Waals surface area (Å²) in [5.41, 5.74) is 2.75. The van der Waals surface area contributed by atoms with E-state index < -0.39 is 10.0 Å². The van der Waals surface area contributed by atoms with Gasteiger partial charge in [0.2, 0.25) is 10.0 Å². The first kappa shape index (κ1) is 14.3. The number of ether oxygens (including phenoxy) is 1. The van der Waals surface area contributed by atoms with Gasteiger partial charge in [-0.3, -0.25) is 0 Å². The number of rotatable bonds is 3. The number of aryl methyl sites for hydroxylation is 1. The Bertz CT molecular complexity index is 584. The Hall–Kier alpha value is -1.11. The zero-order valence-corrected chi connectivity index (χ0v) is 12.3. The van der Waals surface area contributed by atoms with E-state index in [1.54, 1.807) is 12.1 Å². The van der Waals surface area contributed by atoms with Crippen LogP contribution in [0.15, 0.2) is 17.0 Å². The van der Waals surface area contributed by atoms with Gasteiger partial charge in [0.05, 0.1) is 17.0 Å². The van der Waals surface area contributed by atoms with Gasteiger partial charge in [-0.25, -0.2) is 13.6 Å². The number of nitrogens with two attached hydrogens (primary N) is 1. The van der Waals surface area contributed by atoms with Gasteiger partial charge in [-0.15, -0.1) is 0 Å². The Kier molecular flexibility index (Phi) is 3.85. The van der Waals surface area contributed by atoms with Gasteiger partial charge < -0.3 is 10.1 Å². The van der Waals surface area contributed by atoms with Gasteiger partial charge in [-0.05, 0) is 50.5 Å². The van der Waals surface area contributed by atoms with Crippen molar-refractivity contribution in [2.24, 2.45) is 5.14 Å². The molecule has 6 heteroatoms. The number of nitrogens with one attached hydrogen (secondary N) is 1. The smallest absolute Gasteiger partial charge is 0.238 e. The van der Waals surface area contributed by atoms with Crippen molar-refractivity contribution in [3.05, 3.63) is 23.3 Å². The summed E-state index contributed by atoms with van der Waals surface area (Å²) in [6.07, 6.45) is 1.04. The molecule has 19 heavy (non-hydrogen) atoms. The summed E-state index contributed by atoms with van der Waals surface area (Å²) in [5, 5.41) is 8.57. The minimum Gasteiger partial charge on any atom is -0.379 e. The zero-order chi connectivity index (χ0) is 14.2. The van der Waals surface area contributed by atoms with Crippen LogP contribution in [0.2, 0.25) is 0 Å². The highest BCUT2D eigenvalue weighted by Gasteiger charge is 2.25. The van der Waals surface area contributed by atoms with Crippen LogP contribution in [0, 0.1) is 13.8 Å². The molecule has 0 bridgehead atoms. The quantitative estimate of drug-likeness (QED) is 0.882. The molecule has 0 radical (unpaired) electrons. The topological polar surface area (TPSA) is 81.4 Å². The SMILES string of the molecule is Cc1cc(S(N)(=O)=O)cc(NC2CCOC2C)c1C. The predicted octanol–water partition coefficient (Wildman–Crippen LogP) is 1.54. The highest BCUT2D eigenvalue weighted by atomic mass is 32.2. The Morgan fingerprint density at radius 2 is 2.05 bits per heavy atom. The standard InChI is InChI=1S/C13H20N2O3S/c1-8-6-11(19(14,16)17)7-13(9(8)2)15-12-4-5-18-10(12)3/h6-7,10,12,15H,4-5H2,1-3H3,(H2,14,16,17). The van der Waals surface area contributed by atoms with Crippen molar-refractivity contribution in [3.8, 4) is 0 Å². The molecule has 1 aliphatic rings. The molecule has 1 saturated heterocycles. The van der Waals surface area contributed by atoms with Crippen LogP contribution in [0.3, 0.4) is 0 Å². The maximum atomic E-state index is 11.5. The fraction of sp³-hybridized carbons (Fsp3) is 0.538. The molecule has 3 N–H and O–H groups in total. The molecule has 2 rings (SSSR count). The van der Waals surface area contributed by atoms with Gasteiger partial charge in [-0.1, -0.05) is 0 Å². The van der Waals surface area contributed by atoms with E-state index in [2.05, 4.69) is 5.32 Å². The molecule has 0 saturated carbocycles. The Balaban J connectivity index is 2.36. The summed E-state index contributed by atoms with van der Waals surface area (Å²) in [4.78, 5) is 0.143. The zero-order valence-electron chi connectivity index (χ0n) is 11.4. The lowest BCUT2D eigenvalue weighted by atomic mass is 10.1. The molecule has 1 aromatic rings. The van der Waals surface area contributed by atoms with Crippen molar-refractivity contribution in [1.82, 2.24) is 0 Å². The van der Waals surface area contributed by atoms with Crippen molar-refractivity contribution >= 4 is 15.7 Å². The second-order valence-electron chi connectivity index (χ2n) is 5.07. The van der Waals surface area contributed by atoms with E-state index >= 15 is 0 Å². The third-order valence-electron chi connectivity index (χ3n) is 3.69. The van der Waals surface area contributed by atoms with E-state index in [1.165, 1.54) is 0 Å². The molecule has 2 unspecified atom stereocenters. The first-order valence-corrected chi connectivity index (χ1v) is 7.86. The minimum absolute atomic E-state index is 0.123. The predicted molar refractivity (Wildman–Crippen MR) is 74.7 cm³/mol. The molecular formula is C13H20N2O3S. The number of anilines is 1. The van der Waals surface area contributed by atoms with Crippen molar-refractivity contribution in [2.45, 2.75) is 44.2 Å². The van der Waals surface area contributed by atoms with Crippen LogP contribution >= 0.6 is 0 Å². The van der Waals surface area contributed by atoms with E-state index in [-0.39, 0.29) is 17.0 Å². The minimum atomic E-state index is -3.68. The van der Waals surface area contributed by atoms with Crippen LogP contribution in [0.5, 0.6) is 0 Å². The number of hydrogen-bond donors (Lipinski definition) is 2. The first-order valence-electron chi connectivity index (χ1n) is 6.31. The third-order valence-corrected chi connectivity index (χ3v) is 4.58. The lowest BCUT2D eigenvalue weighted by Crippen LogP contribution is -2.27. The van der Waals surface area contributed by atoms with Gasteiger partial charge in [-0.2, -0.15) is 0 Å². The molecular weight excluding hydrogens is 264 g/mol. The maximum absolute atomic E-state index is 11.5. The molecule has 1 fully saturated rings. The summed E-state index contributed by atoms with van der Waals surface area (Å²) in [5.74, 6) is 0. The summed E-state index contributed by atoms with van der Waals surface area (Å²) in [6.45, 7) is 6.58. The van der Waals surface area contributed by atoms with Gasteiger partial charge in [0.25, 0.3) is 0 Å². The van der Waals surface area contributed by atoms with Crippen LogP contribution in [0.1, 0.15) is 24.5 Å². The van der Waals surface area contributed by atoms with Gasteiger partial charge >= 0.3 is 0 Å². The van der Waals surface area contributed by atoms with Crippen LogP contribution in [-0.2, 0) is 14.8 Å². The summed E-state index contributed by atoms with van der Waals surface area (Å²) >= 11 is 0.